The van der Waals surface area contributed by atoms with Gasteiger partial charge in [0, 0.05) is 50.4 Å². The quantitative estimate of drug-likeness (QED) is 0.240. The molecule has 0 unspecified atom stereocenters. The fraction of sp³-hybridized carbons (Fsp3) is 0.321. The first-order valence-corrected chi connectivity index (χ1v) is 12.3. The molecule has 0 saturated carbocycles. The minimum absolute atomic E-state index is 0.0177. The van der Waals surface area contributed by atoms with Gasteiger partial charge in [-0.3, -0.25) is 9.69 Å². The van der Waals surface area contributed by atoms with Crippen molar-refractivity contribution in [3.05, 3.63) is 83.7 Å². The van der Waals surface area contributed by atoms with E-state index in [9.17, 15) is 22.4 Å². The Morgan fingerprint density at radius 3 is 2.67 bits per heavy atom. The minimum Gasteiger partial charge on any atom is -0.494 e. The Morgan fingerprint density at radius 1 is 1.21 bits per heavy atom. The van der Waals surface area contributed by atoms with Crippen molar-refractivity contribution in [1.29, 1.82) is 0 Å². The van der Waals surface area contributed by atoms with Crippen molar-refractivity contribution in [2.75, 3.05) is 44.1 Å². The van der Waals surface area contributed by atoms with Crippen LogP contribution in [0.2, 0.25) is 0 Å². The Hall–Kier alpha value is -3.99. The number of carbonyl (C=O) groups excluding carboxylic acids is 1. The summed E-state index contributed by atoms with van der Waals surface area (Å²) in [4.78, 5) is 21.8. The Balaban J connectivity index is 1.53. The third-order valence-electron chi connectivity index (χ3n) is 6.32. The van der Waals surface area contributed by atoms with E-state index in [2.05, 4.69) is 27.2 Å². The monoisotopic (exact) mass is 543 g/mol. The van der Waals surface area contributed by atoms with E-state index in [4.69, 9.17) is 4.74 Å². The number of benzene rings is 2. The molecule has 3 aromatic rings. The number of ether oxygens (including phenoxy) is 1. The first-order chi connectivity index (χ1) is 18.7. The minimum atomic E-state index is -4.64. The number of alkyl halides is 4. The van der Waals surface area contributed by atoms with E-state index in [-0.39, 0.29) is 43.0 Å². The molecule has 206 valence electrons. The summed E-state index contributed by atoms with van der Waals surface area (Å²) in [5, 5.41) is 6.32. The molecule has 1 aliphatic rings. The van der Waals surface area contributed by atoms with Crippen LogP contribution in [0, 0.1) is 0 Å². The Bertz CT molecular complexity index is 1330. The van der Waals surface area contributed by atoms with Gasteiger partial charge in [0.1, 0.15) is 12.4 Å². The summed E-state index contributed by atoms with van der Waals surface area (Å²) in [6.45, 7) is 4.97. The van der Waals surface area contributed by atoms with Crippen molar-refractivity contribution in [2.45, 2.75) is 25.1 Å². The highest BCUT2D eigenvalue weighted by Crippen LogP contribution is 2.34. The average molecular weight is 544 g/mol. The number of aromatic nitrogens is 2. The van der Waals surface area contributed by atoms with Gasteiger partial charge in [0.05, 0.1) is 30.1 Å². The molecule has 4 rings (SSSR count). The molecule has 0 amide bonds. The van der Waals surface area contributed by atoms with Crippen molar-refractivity contribution < 1.29 is 27.1 Å². The van der Waals surface area contributed by atoms with Crippen molar-refractivity contribution >= 4 is 23.1 Å². The molecule has 0 radical (unpaired) electrons. The number of anilines is 3. The van der Waals surface area contributed by atoms with Crippen LogP contribution in [0.5, 0.6) is 5.75 Å². The van der Waals surface area contributed by atoms with Gasteiger partial charge in [0.25, 0.3) is 0 Å². The van der Waals surface area contributed by atoms with E-state index in [0.717, 1.165) is 25.0 Å². The van der Waals surface area contributed by atoms with Gasteiger partial charge in [-0.2, -0.15) is 13.2 Å². The number of allylic oxidation sites excluding steroid dienone is 1. The lowest BCUT2D eigenvalue weighted by molar-refractivity contribution is -0.138. The number of nitrogens with one attached hydrogen (secondary N) is 2. The second-order valence-electron chi connectivity index (χ2n) is 9.23. The molecular weight excluding hydrogens is 514 g/mol. The molecule has 1 aromatic heterocycles. The number of nitrogens with zero attached hydrogens (tertiary/aromatic N) is 3. The van der Waals surface area contributed by atoms with Crippen LogP contribution in [0.25, 0.3) is 0 Å². The predicted molar refractivity (Wildman–Crippen MR) is 141 cm³/mol. The van der Waals surface area contributed by atoms with Crippen LogP contribution in [0.15, 0.2) is 61.3 Å². The maximum atomic E-state index is 13.8. The van der Waals surface area contributed by atoms with E-state index in [1.807, 2.05) is 11.0 Å². The Morgan fingerprint density at radius 2 is 1.97 bits per heavy atom. The van der Waals surface area contributed by atoms with Crippen LogP contribution >= 0.6 is 0 Å². The molecule has 1 saturated heterocycles. The van der Waals surface area contributed by atoms with Gasteiger partial charge in [-0.05, 0) is 29.3 Å². The first kappa shape index (κ1) is 28.0. The number of hydrogen-bond acceptors (Lipinski definition) is 7. The normalized spacial score (nSPS) is 14.0. The second-order valence-corrected chi connectivity index (χ2v) is 9.23. The van der Waals surface area contributed by atoms with E-state index >= 15 is 0 Å². The number of halogens is 4. The Labute approximate surface area is 223 Å². The van der Waals surface area contributed by atoms with Crippen LogP contribution in [-0.2, 0) is 23.8 Å². The molecule has 39 heavy (non-hydrogen) atoms. The lowest BCUT2D eigenvalue weighted by Gasteiger charge is -2.39. The van der Waals surface area contributed by atoms with Gasteiger partial charge >= 0.3 is 6.18 Å². The van der Waals surface area contributed by atoms with Gasteiger partial charge < -0.3 is 15.4 Å². The smallest absolute Gasteiger partial charge is 0.419 e. The van der Waals surface area contributed by atoms with E-state index in [0.29, 0.717) is 29.1 Å². The summed E-state index contributed by atoms with van der Waals surface area (Å²) in [5.74, 6) is 0.249. The fourth-order valence-corrected chi connectivity index (χ4v) is 4.37. The lowest BCUT2D eigenvalue weighted by atomic mass is 10.0. The highest BCUT2D eigenvalue weighted by atomic mass is 19.4. The summed E-state index contributed by atoms with van der Waals surface area (Å²) >= 11 is 0. The summed E-state index contributed by atoms with van der Waals surface area (Å²) < 4.78 is 59.2. The zero-order valence-corrected chi connectivity index (χ0v) is 21.4. The zero-order valence-electron chi connectivity index (χ0n) is 21.4. The summed E-state index contributed by atoms with van der Waals surface area (Å²) in [5.41, 5.74) is 1.39. The number of ketones is 1. The topological polar surface area (TPSA) is 79.4 Å². The van der Waals surface area contributed by atoms with Gasteiger partial charge in [0.15, 0.2) is 5.78 Å². The first-order valence-electron chi connectivity index (χ1n) is 12.3. The maximum absolute atomic E-state index is 13.8. The van der Waals surface area contributed by atoms with Crippen molar-refractivity contribution in [3.8, 4) is 5.75 Å². The molecular formula is C28H29F4N5O2. The molecule has 1 fully saturated rings. The summed E-state index contributed by atoms with van der Waals surface area (Å²) in [6, 6.07) is 12.3. The molecule has 2 heterocycles. The van der Waals surface area contributed by atoms with Crippen molar-refractivity contribution in [3.63, 3.8) is 0 Å². The molecule has 11 heteroatoms. The molecule has 7 nitrogen and oxygen atoms in total. The third-order valence-corrected chi connectivity index (χ3v) is 6.32. The highest BCUT2D eigenvalue weighted by molar-refractivity contribution is 5.90. The largest absolute Gasteiger partial charge is 0.494 e. The predicted octanol–water partition coefficient (Wildman–Crippen LogP) is 5.20. The Kier molecular flexibility index (Phi) is 8.80. The summed E-state index contributed by atoms with van der Waals surface area (Å²) in [7, 11) is 1.49. The number of rotatable bonds is 12. The number of likely N-dealkylation sites (tertiary alicyclic amines) is 1. The van der Waals surface area contributed by atoms with Gasteiger partial charge in [-0.1, -0.05) is 30.8 Å². The molecule has 0 spiro atoms. The number of carbonyl (C=O) groups is 1. The SMILES string of the molecule is C=CC(=O)Cc1cccc(Cc2nc(Nc3ccc(NC4CN(CCF)C4)cc3OC)ncc2C(F)(F)F)c1. The van der Waals surface area contributed by atoms with Gasteiger partial charge in [-0.25, -0.2) is 14.4 Å². The third kappa shape index (κ3) is 7.32. The van der Waals surface area contributed by atoms with Crippen molar-refractivity contribution in [1.82, 2.24) is 14.9 Å². The second kappa shape index (κ2) is 12.2. The number of methoxy groups -OCH3 is 1. The molecule has 1 aliphatic heterocycles. The van der Waals surface area contributed by atoms with Crippen LogP contribution in [0.3, 0.4) is 0 Å². The van der Waals surface area contributed by atoms with Crippen LogP contribution in [0.1, 0.15) is 22.4 Å². The van der Waals surface area contributed by atoms with Gasteiger partial charge in [0.2, 0.25) is 5.95 Å². The highest BCUT2D eigenvalue weighted by Gasteiger charge is 2.35. The van der Waals surface area contributed by atoms with E-state index in [1.54, 1.807) is 36.4 Å². The molecule has 0 bridgehead atoms. The number of hydrogen-bond donors (Lipinski definition) is 2. The van der Waals surface area contributed by atoms with Crippen molar-refractivity contribution in [2.24, 2.45) is 0 Å². The molecule has 0 aliphatic carbocycles. The standard InChI is InChI=1S/C28H29F4N5O2/c1-3-22(38)12-18-5-4-6-19(11-18)13-25-23(28(30,31)32)15-33-27(36-25)35-24-8-7-20(14-26(24)39-2)34-21-16-37(17-21)10-9-29/h3-8,11,14-15,21,34H,1,9-10,12-13,16-17H2,2H3,(H,33,35,36). The lowest BCUT2D eigenvalue weighted by Crippen LogP contribution is -2.55. The van der Waals surface area contributed by atoms with E-state index in [1.165, 1.54) is 13.2 Å². The summed E-state index contributed by atoms with van der Waals surface area (Å²) in [6.07, 6.45) is -2.66. The maximum Gasteiger partial charge on any atom is 0.419 e. The molecule has 2 N–H and O–H groups in total. The molecule has 0 atom stereocenters. The zero-order chi connectivity index (χ0) is 28.0. The van der Waals surface area contributed by atoms with Crippen LogP contribution < -0.4 is 15.4 Å². The van der Waals surface area contributed by atoms with Crippen LogP contribution in [0.4, 0.5) is 34.9 Å². The fourth-order valence-electron chi connectivity index (χ4n) is 4.37. The van der Waals surface area contributed by atoms with Crippen LogP contribution in [-0.4, -0.2) is 60.1 Å². The average Bonchev–Trinajstić information content (AvgIpc) is 2.88. The van der Waals surface area contributed by atoms with E-state index < -0.39 is 11.7 Å². The van der Waals surface area contributed by atoms with Gasteiger partial charge in [-0.15, -0.1) is 0 Å². The molecule has 2 aromatic carbocycles.